The largest absolute Gasteiger partial charge is 0.507 e. The van der Waals surface area contributed by atoms with Gasteiger partial charge < -0.3 is 5.11 Å². The van der Waals surface area contributed by atoms with Crippen LogP contribution in [0.15, 0.2) is 24.3 Å². The van der Waals surface area contributed by atoms with Crippen LogP contribution in [0.4, 0.5) is 4.39 Å². The van der Waals surface area contributed by atoms with E-state index in [9.17, 15) is 9.50 Å². The average Bonchev–Trinajstić information content (AvgIpc) is 2.44. The fourth-order valence-electron chi connectivity index (χ4n) is 3.60. The van der Waals surface area contributed by atoms with E-state index in [0.717, 1.165) is 5.57 Å². The third-order valence-corrected chi connectivity index (χ3v) is 11.1. The number of allylic oxidation sites excluding steroid dienone is 2. The maximum Gasteiger partial charge on any atom is 0.146 e. The molecular weight excluding hydrogens is 303 g/mol. The first-order valence-corrected chi connectivity index (χ1v) is 10.5. The van der Waals surface area contributed by atoms with Gasteiger partial charge >= 0.3 is 0 Å². The van der Waals surface area contributed by atoms with Crippen LogP contribution in [-0.4, -0.2) is 13.2 Å². The van der Waals surface area contributed by atoms with E-state index in [0.29, 0.717) is 22.2 Å². The van der Waals surface area contributed by atoms with E-state index >= 15 is 0 Å². The summed E-state index contributed by atoms with van der Waals surface area (Å²) in [7, 11) is -1.76. The molecule has 1 rings (SSSR count). The van der Waals surface area contributed by atoms with E-state index < -0.39 is 8.07 Å². The number of halogens is 1. The van der Waals surface area contributed by atoms with Crippen molar-refractivity contribution in [2.75, 3.05) is 0 Å². The van der Waals surface area contributed by atoms with Gasteiger partial charge in [0.2, 0.25) is 0 Å². The number of rotatable bonds is 4. The van der Waals surface area contributed by atoms with Gasteiger partial charge in [-0.3, -0.25) is 0 Å². The summed E-state index contributed by atoms with van der Waals surface area (Å²) in [5, 5.41) is 9.88. The SMILES string of the molecule is C/C(=C/C#C[Si](C(C)C)(C(C)C)C(C)C)c1cc(F)ccc1O. The van der Waals surface area contributed by atoms with Crippen LogP contribution in [0.1, 0.15) is 54.0 Å². The fourth-order valence-corrected chi connectivity index (χ4v) is 8.79. The highest BCUT2D eigenvalue weighted by molar-refractivity contribution is 6.90. The molecule has 0 fully saturated rings. The summed E-state index contributed by atoms with van der Waals surface area (Å²) in [5.74, 6) is 2.96. The van der Waals surface area contributed by atoms with E-state index in [4.69, 9.17) is 0 Å². The number of aromatic hydroxyl groups is 1. The summed E-state index contributed by atoms with van der Waals surface area (Å²) < 4.78 is 13.4. The van der Waals surface area contributed by atoms with Crippen LogP contribution >= 0.6 is 0 Å². The van der Waals surface area contributed by atoms with Crippen molar-refractivity contribution < 1.29 is 9.50 Å². The van der Waals surface area contributed by atoms with Crippen LogP contribution in [0.2, 0.25) is 16.6 Å². The first-order valence-electron chi connectivity index (χ1n) is 8.31. The Kier molecular flexibility index (Phi) is 6.65. The van der Waals surface area contributed by atoms with Gasteiger partial charge in [-0.05, 0) is 53.4 Å². The molecule has 0 spiro atoms. The van der Waals surface area contributed by atoms with E-state index in [1.54, 1.807) is 0 Å². The second kappa shape index (κ2) is 7.83. The lowest BCUT2D eigenvalue weighted by atomic mass is 10.1. The highest BCUT2D eigenvalue weighted by atomic mass is 28.3. The maximum absolute atomic E-state index is 13.4. The molecule has 1 aromatic carbocycles. The molecule has 1 N–H and O–H groups in total. The second-order valence-electron chi connectivity index (χ2n) is 7.16. The van der Waals surface area contributed by atoms with Gasteiger partial charge in [0.05, 0.1) is 0 Å². The monoisotopic (exact) mass is 332 g/mol. The van der Waals surface area contributed by atoms with Crippen LogP contribution in [0.3, 0.4) is 0 Å². The molecule has 126 valence electrons. The Hall–Kier alpha value is -1.53. The molecule has 23 heavy (non-hydrogen) atoms. The number of benzene rings is 1. The van der Waals surface area contributed by atoms with Crippen molar-refractivity contribution in [2.45, 2.75) is 65.1 Å². The molecule has 3 heteroatoms. The second-order valence-corrected chi connectivity index (χ2v) is 12.7. The Bertz CT molecular complexity index is 611. The lowest BCUT2D eigenvalue weighted by molar-refractivity contribution is 0.471. The van der Waals surface area contributed by atoms with Crippen molar-refractivity contribution in [3.8, 4) is 17.2 Å². The van der Waals surface area contributed by atoms with E-state index in [2.05, 4.69) is 53.0 Å². The van der Waals surface area contributed by atoms with Gasteiger partial charge in [-0.1, -0.05) is 47.5 Å². The number of hydrogen-bond donors (Lipinski definition) is 1. The molecule has 1 nitrogen and oxygen atoms in total. The number of hydrogen-bond acceptors (Lipinski definition) is 1. The summed E-state index contributed by atoms with van der Waals surface area (Å²) in [6.07, 6.45) is 1.81. The molecule has 0 saturated carbocycles. The lowest BCUT2D eigenvalue weighted by Gasteiger charge is -2.38. The van der Waals surface area contributed by atoms with Gasteiger partial charge in [-0.2, -0.15) is 0 Å². The van der Waals surface area contributed by atoms with Crippen molar-refractivity contribution in [3.05, 3.63) is 35.7 Å². The molecule has 0 aromatic heterocycles. The van der Waals surface area contributed by atoms with Gasteiger partial charge in [0.1, 0.15) is 19.6 Å². The smallest absolute Gasteiger partial charge is 0.146 e. The Morgan fingerprint density at radius 2 is 1.61 bits per heavy atom. The first kappa shape index (κ1) is 19.5. The van der Waals surface area contributed by atoms with E-state index in [1.807, 2.05) is 13.0 Å². The summed E-state index contributed by atoms with van der Waals surface area (Å²) >= 11 is 0. The van der Waals surface area contributed by atoms with Crippen LogP contribution in [-0.2, 0) is 0 Å². The third kappa shape index (κ3) is 4.26. The summed E-state index contributed by atoms with van der Waals surface area (Å²) in [6, 6.07) is 3.98. The molecule has 0 atom stereocenters. The van der Waals surface area contributed by atoms with Gasteiger partial charge in [-0.15, -0.1) is 5.54 Å². The molecular formula is C20H29FOSi. The molecule has 0 heterocycles. The standard InChI is InChI=1S/C20H29FOSi/c1-14(2)23(15(3)4,16(5)6)12-8-9-17(7)19-13-18(21)10-11-20(19)22/h9-11,13-16,22H,1-7H3/b17-9-. The Labute approximate surface area is 141 Å². The van der Waals surface area contributed by atoms with Crippen LogP contribution in [0.5, 0.6) is 5.75 Å². The summed E-state index contributed by atoms with van der Waals surface area (Å²) in [6.45, 7) is 15.5. The fraction of sp³-hybridized carbons (Fsp3) is 0.500. The lowest BCUT2D eigenvalue weighted by Crippen LogP contribution is -2.43. The summed E-state index contributed by atoms with van der Waals surface area (Å²) in [4.78, 5) is 0. The van der Waals surface area contributed by atoms with Crippen molar-refractivity contribution in [1.29, 1.82) is 0 Å². The van der Waals surface area contributed by atoms with Crippen molar-refractivity contribution in [2.24, 2.45) is 0 Å². The predicted molar refractivity (Wildman–Crippen MR) is 101 cm³/mol. The Morgan fingerprint density at radius 1 is 1.09 bits per heavy atom. The van der Waals surface area contributed by atoms with Crippen LogP contribution in [0.25, 0.3) is 5.57 Å². The van der Waals surface area contributed by atoms with Crippen molar-refractivity contribution in [1.82, 2.24) is 0 Å². The van der Waals surface area contributed by atoms with Crippen molar-refractivity contribution >= 4 is 13.6 Å². The molecule has 0 aliphatic carbocycles. The quantitative estimate of drug-likeness (QED) is 0.517. The van der Waals surface area contributed by atoms with Crippen LogP contribution in [0, 0.1) is 17.3 Å². The van der Waals surface area contributed by atoms with E-state index in [1.165, 1.54) is 18.2 Å². The van der Waals surface area contributed by atoms with Gasteiger partial charge in [0.15, 0.2) is 0 Å². The normalized spacial score (nSPS) is 12.7. The van der Waals surface area contributed by atoms with Crippen molar-refractivity contribution in [3.63, 3.8) is 0 Å². The minimum absolute atomic E-state index is 0.0852. The molecule has 0 radical (unpaired) electrons. The Balaban J connectivity index is 3.25. The maximum atomic E-state index is 13.4. The molecule has 0 aliphatic heterocycles. The van der Waals surface area contributed by atoms with Crippen LogP contribution < -0.4 is 0 Å². The van der Waals surface area contributed by atoms with Gasteiger partial charge in [-0.25, -0.2) is 4.39 Å². The number of phenols is 1. The molecule has 0 aliphatic rings. The molecule has 1 aromatic rings. The predicted octanol–water partition coefficient (Wildman–Crippen LogP) is 6.16. The average molecular weight is 333 g/mol. The van der Waals surface area contributed by atoms with E-state index in [-0.39, 0.29) is 11.6 Å². The number of phenolic OH excluding ortho intramolecular Hbond substituents is 1. The highest BCUT2D eigenvalue weighted by Gasteiger charge is 2.41. The minimum Gasteiger partial charge on any atom is -0.507 e. The van der Waals surface area contributed by atoms with Gasteiger partial charge in [0, 0.05) is 5.56 Å². The minimum atomic E-state index is -1.76. The molecule has 0 amide bonds. The topological polar surface area (TPSA) is 20.2 Å². The summed E-state index contributed by atoms with van der Waals surface area (Å²) in [5.41, 5.74) is 6.62. The zero-order valence-electron chi connectivity index (χ0n) is 15.4. The third-order valence-electron chi connectivity index (χ3n) is 4.83. The molecule has 0 bridgehead atoms. The molecule has 0 saturated heterocycles. The highest BCUT2D eigenvalue weighted by Crippen LogP contribution is 2.40. The first-order chi connectivity index (χ1) is 10.6. The Morgan fingerprint density at radius 3 is 2.09 bits per heavy atom. The zero-order valence-corrected chi connectivity index (χ0v) is 16.4. The van der Waals surface area contributed by atoms with Gasteiger partial charge in [0.25, 0.3) is 0 Å². The molecule has 0 unspecified atom stereocenters. The zero-order chi connectivity index (χ0) is 17.8.